The van der Waals surface area contributed by atoms with Gasteiger partial charge in [0, 0.05) is 25.6 Å². The lowest BCUT2D eigenvalue weighted by atomic mass is 10.0. The number of morpholine rings is 1. The summed E-state index contributed by atoms with van der Waals surface area (Å²) < 4.78 is 11.3. The van der Waals surface area contributed by atoms with Crippen molar-refractivity contribution in [2.45, 2.75) is 32.4 Å². The molecule has 0 radical (unpaired) electrons. The number of ketones is 1. The topological polar surface area (TPSA) is 38.8 Å². The molecule has 1 atom stereocenters. The summed E-state index contributed by atoms with van der Waals surface area (Å²) in [6.45, 7) is 7.14. The summed E-state index contributed by atoms with van der Waals surface area (Å²) in [5.41, 5.74) is 1.81. The third-order valence-electron chi connectivity index (χ3n) is 4.10. The summed E-state index contributed by atoms with van der Waals surface area (Å²) in [6, 6.07) is 6.25. The van der Waals surface area contributed by atoms with Crippen LogP contribution in [0.3, 0.4) is 0 Å². The minimum absolute atomic E-state index is 0.0501. The summed E-state index contributed by atoms with van der Waals surface area (Å²) in [7, 11) is 0. The van der Waals surface area contributed by atoms with Gasteiger partial charge in [0.15, 0.2) is 5.78 Å². The molecule has 1 fully saturated rings. The van der Waals surface area contributed by atoms with Crippen molar-refractivity contribution < 1.29 is 14.3 Å². The van der Waals surface area contributed by atoms with Crippen molar-refractivity contribution in [2.75, 3.05) is 26.3 Å². The molecule has 1 aromatic carbocycles. The maximum atomic E-state index is 12.7. The number of benzene rings is 1. The van der Waals surface area contributed by atoms with Gasteiger partial charge in [0.1, 0.15) is 11.9 Å². The largest absolute Gasteiger partial charge is 0.492 e. The van der Waals surface area contributed by atoms with Gasteiger partial charge in [-0.2, -0.15) is 0 Å². The van der Waals surface area contributed by atoms with E-state index in [9.17, 15) is 4.79 Å². The number of carbonyl (C=O) groups is 1. The zero-order chi connectivity index (χ0) is 14.1. The van der Waals surface area contributed by atoms with Crippen LogP contribution in [0.1, 0.15) is 29.8 Å². The average molecular weight is 275 g/mol. The number of hydrogen-bond acceptors (Lipinski definition) is 4. The minimum atomic E-state index is -0.373. The Bertz CT molecular complexity index is 512. The van der Waals surface area contributed by atoms with Crippen LogP contribution in [0.4, 0.5) is 0 Å². The number of hydrogen-bond donors (Lipinski definition) is 0. The Balaban J connectivity index is 1.81. The van der Waals surface area contributed by atoms with Gasteiger partial charge < -0.3 is 9.47 Å². The first kappa shape index (κ1) is 13.6. The highest BCUT2D eigenvalue weighted by Crippen LogP contribution is 2.31. The summed E-state index contributed by atoms with van der Waals surface area (Å²) in [5.74, 6) is 0.817. The van der Waals surface area contributed by atoms with Crippen LogP contribution in [0, 0.1) is 0 Å². The zero-order valence-electron chi connectivity index (χ0n) is 12.1. The normalized spacial score (nSPS) is 22.6. The van der Waals surface area contributed by atoms with Gasteiger partial charge in [-0.05, 0) is 25.5 Å². The molecule has 2 aliphatic heterocycles. The summed E-state index contributed by atoms with van der Waals surface area (Å²) in [4.78, 5) is 15.0. The summed E-state index contributed by atoms with van der Waals surface area (Å²) >= 11 is 0. The molecular weight excluding hydrogens is 254 g/mol. The van der Waals surface area contributed by atoms with Gasteiger partial charge in [-0.3, -0.25) is 9.69 Å². The molecular formula is C16H21NO3. The third kappa shape index (κ3) is 2.45. The van der Waals surface area contributed by atoms with E-state index in [1.54, 1.807) is 0 Å². The quantitative estimate of drug-likeness (QED) is 0.790. The van der Waals surface area contributed by atoms with Crippen molar-refractivity contribution in [3.05, 3.63) is 29.3 Å². The SMILES string of the molecule is CC(C)N1CCOC(C(=O)c2cccc3c2OCC3)C1. The number of para-hydroxylation sites is 1. The standard InChI is InChI=1S/C16H21NO3/c1-11(2)17-7-9-19-14(10-17)15(18)13-5-3-4-12-6-8-20-16(12)13/h3-5,11,14H,6-10H2,1-2H3. The van der Waals surface area contributed by atoms with Gasteiger partial charge >= 0.3 is 0 Å². The molecule has 4 nitrogen and oxygen atoms in total. The number of carbonyl (C=O) groups excluding carboxylic acids is 1. The Morgan fingerprint density at radius 1 is 1.35 bits per heavy atom. The number of ether oxygens (including phenoxy) is 2. The first-order valence-electron chi connectivity index (χ1n) is 7.31. The molecule has 20 heavy (non-hydrogen) atoms. The van der Waals surface area contributed by atoms with Crippen LogP contribution in [-0.4, -0.2) is 49.1 Å². The summed E-state index contributed by atoms with van der Waals surface area (Å²) in [6.07, 6.45) is 0.516. The van der Waals surface area contributed by atoms with Gasteiger partial charge in [-0.25, -0.2) is 0 Å². The van der Waals surface area contributed by atoms with Crippen LogP contribution in [0.15, 0.2) is 18.2 Å². The molecule has 3 rings (SSSR count). The second-order valence-electron chi connectivity index (χ2n) is 5.70. The smallest absolute Gasteiger partial charge is 0.196 e. The van der Waals surface area contributed by atoms with E-state index in [4.69, 9.17) is 9.47 Å². The van der Waals surface area contributed by atoms with Crippen LogP contribution in [0.5, 0.6) is 5.75 Å². The first-order valence-corrected chi connectivity index (χ1v) is 7.31. The van der Waals surface area contributed by atoms with E-state index < -0.39 is 0 Å². The molecule has 2 heterocycles. The number of rotatable bonds is 3. The molecule has 4 heteroatoms. The van der Waals surface area contributed by atoms with E-state index in [0.717, 1.165) is 24.3 Å². The molecule has 0 amide bonds. The monoisotopic (exact) mass is 275 g/mol. The van der Waals surface area contributed by atoms with Crippen molar-refractivity contribution in [3.8, 4) is 5.75 Å². The lowest BCUT2D eigenvalue weighted by Gasteiger charge is -2.34. The average Bonchev–Trinajstić information content (AvgIpc) is 2.95. The Hall–Kier alpha value is -1.39. The van der Waals surface area contributed by atoms with Gasteiger partial charge in [0.25, 0.3) is 0 Å². The van der Waals surface area contributed by atoms with Crippen molar-refractivity contribution in [3.63, 3.8) is 0 Å². The van der Waals surface area contributed by atoms with Gasteiger partial charge in [0.2, 0.25) is 0 Å². The Morgan fingerprint density at radius 3 is 3.00 bits per heavy atom. The third-order valence-corrected chi connectivity index (χ3v) is 4.10. The molecule has 0 N–H and O–H groups in total. The fourth-order valence-corrected chi connectivity index (χ4v) is 2.88. The van der Waals surface area contributed by atoms with E-state index in [0.29, 0.717) is 31.4 Å². The molecule has 108 valence electrons. The van der Waals surface area contributed by atoms with Gasteiger partial charge in [-0.1, -0.05) is 12.1 Å². The molecule has 1 unspecified atom stereocenters. The first-order chi connectivity index (χ1) is 9.66. The van der Waals surface area contributed by atoms with E-state index in [1.165, 1.54) is 0 Å². The number of fused-ring (bicyclic) bond motifs is 1. The molecule has 0 saturated carbocycles. The minimum Gasteiger partial charge on any atom is -0.492 e. The van der Waals surface area contributed by atoms with Crippen LogP contribution >= 0.6 is 0 Å². The molecule has 0 bridgehead atoms. The van der Waals surface area contributed by atoms with Crippen molar-refractivity contribution in [2.24, 2.45) is 0 Å². The van der Waals surface area contributed by atoms with E-state index in [1.807, 2.05) is 18.2 Å². The zero-order valence-corrected chi connectivity index (χ0v) is 12.1. The molecule has 0 spiro atoms. The maximum Gasteiger partial charge on any atom is 0.196 e. The second kappa shape index (κ2) is 5.54. The molecule has 0 aromatic heterocycles. The Kier molecular flexibility index (Phi) is 3.76. The maximum absolute atomic E-state index is 12.7. The van der Waals surface area contributed by atoms with E-state index in [2.05, 4.69) is 18.7 Å². The lowest BCUT2D eigenvalue weighted by Crippen LogP contribution is -2.48. The van der Waals surface area contributed by atoms with Crippen LogP contribution in [0.25, 0.3) is 0 Å². The number of nitrogens with zero attached hydrogens (tertiary/aromatic N) is 1. The predicted octanol–water partition coefficient (Wildman–Crippen LogP) is 1.91. The van der Waals surface area contributed by atoms with Crippen LogP contribution in [0.2, 0.25) is 0 Å². The highest BCUT2D eigenvalue weighted by atomic mass is 16.5. The molecule has 1 saturated heterocycles. The molecule has 1 aromatic rings. The predicted molar refractivity (Wildman–Crippen MR) is 76.4 cm³/mol. The Morgan fingerprint density at radius 2 is 2.20 bits per heavy atom. The van der Waals surface area contributed by atoms with Crippen molar-refractivity contribution >= 4 is 5.78 Å². The second-order valence-corrected chi connectivity index (χ2v) is 5.70. The van der Waals surface area contributed by atoms with Crippen molar-refractivity contribution in [1.82, 2.24) is 4.90 Å². The van der Waals surface area contributed by atoms with Crippen molar-refractivity contribution in [1.29, 1.82) is 0 Å². The van der Waals surface area contributed by atoms with E-state index in [-0.39, 0.29) is 11.9 Å². The summed E-state index contributed by atoms with van der Waals surface area (Å²) in [5, 5.41) is 0. The van der Waals surface area contributed by atoms with Gasteiger partial charge in [-0.15, -0.1) is 0 Å². The highest BCUT2D eigenvalue weighted by molar-refractivity contribution is 6.02. The van der Waals surface area contributed by atoms with Crippen LogP contribution < -0.4 is 4.74 Å². The lowest BCUT2D eigenvalue weighted by molar-refractivity contribution is -0.0257. The van der Waals surface area contributed by atoms with Gasteiger partial charge in [0.05, 0.1) is 18.8 Å². The molecule has 0 aliphatic carbocycles. The van der Waals surface area contributed by atoms with E-state index >= 15 is 0 Å². The Labute approximate surface area is 119 Å². The highest BCUT2D eigenvalue weighted by Gasteiger charge is 2.31. The van der Waals surface area contributed by atoms with Crippen LogP contribution in [-0.2, 0) is 11.2 Å². The fourth-order valence-electron chi connectivity index (χ4n) is 2.88. The molecule has 2 aliphatic rings. The number of Topliss-reactive ketones (excluding diaryl/α,β-unsaturated/α-hetero) is 1. The fraction of sp³-hybridized carbons (Fsp3) is 0.562.